The number of phenolic OH excluding ortho intramolecular Hbond substituents is 1. The summed E-state index contributed by atoms with van der Waals surface area (Å²) < 4.78 is 108. The Bertz CT molecular complexity index is 1890. The quantitative estimate of drug-likeness (QED) is 0.215. The van der Waals surface area contributed by atoms with Gasteiger partial charge in [0.1, 0.15) is 29.4 Å². The summed E-state index contributed by atoms with van der Waals surface area (Å²) in [6.07, 6.45) is -10.9. The van der Waals surface area contributed by atoms with Crippen molar-refractivity contribution in [3.8, 4) is 17.3 Å². The molecule has 2 aliphatic heterocycles. The third-order valence-corrected chi connectivity index (χ3v) is 8.97. The van der Waals surface area contributed by atoms with Gasteiger partial charge in [-0.2, -0.15) is 40.2 Å². The molecule has 10 nitrogen and oxygen atoms in total. The van der Waals surface area contributed by atoms with Crippen LogP contribution in [0.5, 0.6) is 5.75 Å². The maximum atomic E-state index is 13.8. The van der Waals surface area contributed by atoms with Gasteiger partial charge in [0.05, 0.1) is 33.8 Å². The number of piperidine rings is 1. The van der Waals surface area contributed by atoms with Crippen molar-refractivity contribution in [3.05, 3.63) is 52.6 Å². The molecule has 2 aliphatic rings. The molecule has 48 heavy (non-hydrogen) atoms. The number of carbonyl (C=O) groups is 1. The summed E-state index contributed by atoms with van der Waals surface area (Å²) >= 11 is 5.95. The van der Waals surface area contributed by atoms with Crippen molar-refractivity contribution in [2.75, 3.05) is 23.3 Å². The topological polar surface area (TPSA) is 121 Å². The predicted molar refractivity (Wildman–Crippen MR) is 155 cm³/mol. The fraction of sp³-hybridized carbons (Fsp3) is 0.448. The molecule has 1 unspecified atom stereocenters. The average molecular weight is 705 g/mol. The van der Waals surface area contributed by atoms with Gasteiger partial charge >= 0.3 is 18.3 Å². The first-order valence-electron chi connectivity index (χ1n) is 14.5. The third-order valence-electron chi connectivity index (χ3n) is 8.65. The number of nitrogens with zero attached hydrogens (tertiary/aromatic N) is 7. The SMILES string of the molecule is CC1(Cc2ccc(Cl)c(O)c2)C(=O)Nc2nc(-c3cn4ncnc4c(CCC(F)(F)C(F)(F)F)n3)nc(N3CCC(C(F)(F)F)CC3)c21. The highest BCUT2D eigenvalue weighted by molar-refractivity contribution is 6.32. The molecule has 4 aromatic rings. The summed E-state index contributed by atoms with van der Waals surface area (Å²) in [5.74, 6) is -7.41. The van der Waals surface area contributed by atoms with Crippen molar-refractivity contribution in [2.45, 2.75) is 62.7 Å². The van der Waals surface area contributed by atoms with Crippen molar-refractivity contribution >= 4 is 34.8 Å². The minimum absolute atomic E-state index is 0.00396. The number of aromatic hydroxyl groups is 1. The Balaban J connectivity index is 1.45. The summed E-state index contributed by atoms with van der Waals surface area (Å²) in [4.78, 5) is 32.4. The van der Waals surface area contributed by atoms with Crippen LogP contribution < -0.4 is 10.2 Å². The Labute approximate surface area is 271 Å². The van der Waals surface area contributed by atoms with Gasteiger partial charge in [-0.15, -0.1) is 0 Å². The van der Waals surface area contributed by atoms with Crippen molar-refractivity contribution in [1.82, 2.24) is 29.5 Å². The largest absolute Gasteiger partial charge is 0.506 e. The lowest BCUT2D eigenvalue weighted by Gasteiger charge is -2.36. The monoisotopic (exact) mass is 704 g/mol. The molecule has 0 spiro atoms. The first kappa shape index (κ1) is 33.5. The third kappa shape index (κ3) is 6.05. The van der Waals surface area contributed by atoms with Gasteiger partial charge in [0.2, 0.25) is 5.91 Å². The highest BCUT2D eigenvalue weighted by atomic mass is 35.5. The number of benzene rings is 1. The molecule has 0 radical (unpaired) electrons. The summed E-state index contributed by atoms with van der Waals surface area (Å²) in [5, 5.41) is 16.9. The van der Waals surface area contributed by atoms with E-state index < -0.39 is 48.4 Å². The summed E-state index contributed by atoms with van der Waals surface area (Å²) in [5.41, 5.74) is -1.09. The molecule has 3 aromatic heterocycles. The molecule has 1 aromatic carbocycles. The molecule has 1 amide bonds. The molecule has 0 bridgehead atoms. The normalized spacial score (nSPS) is 19.2. The Hall–Kier alpha value is -4.35. The zero-order valence-corrected chi connectivity index (χ0v) is 25.6. The van der Waals surface area contributed by atoms with E-state index in [1.54, 1.807) is 17.9 Å². The molecule has 5 heterocycles. The van der Waals surface area contributed by atoms with Crippen molar-refractivity contribution in [1.29, 1.82) is 0 Å². The number of hydrogen-bond donors (Lipinski definition) is 2. The van der Waals surface area contributed by atoms with Crippen LogP contribution in [0.25, 0.3) is 17.2 Å². The van der Waals surface area contributed by atoms with Gasteiger partial charge < -0.3 is 15.3 Å². The number of aromatic nitrogens is 6. The number of amides is 1. The van der Waals surface area contributed by atoms with Crippen LogP contribution in [0.3, 0.4) is 0 Å². The van der Waals surface area contributed by atoms with E-state index in [2.05, 4.69) is 30.4 Å². The maximum absolute atomic E-state index is 13.8. The fourth-order valence-corrected chi connectivity index (χ4v) is 6.11. The highest BCUT2D eigenvalue weighted by Crippen LogP contribution is 2.47. The second-order valence-corrected chi connectivity index (χ2v) is 12.4. The van der Waals surface area contributed by atoms with Gasteiger partial charge in [0, 0.05) is 19.5 Å². The number of carbonyl (C=O) groups excluding carboxylic acids is 1. The van der Waals surface area contributed by atoms with Crippen LogP contribution in [-0.2, 0) is 23.1 Å². The van der Waals surface area contributed by atoms with E-state index in [1.165, 1.54) is 18.3 Å². The van der Waals surface area contributed by atoms with Crippen LogP contribution in [0.1, 0.15) is 43.0 Å². The number of nitrogens with one attached hydrogen (secondary N) is 1. The molecular formula is C29H25ClF8N8O2. The minimum atomic E-state index is -5.79. The van der Waals surface area contributed by atoms with Crippen LogP contribution in [0, 0.1) is 5.92 Å². The van der Waals surface area contributed by atoms with Crippen LogP contribution in [0.15, 0.2) is 30.7 Å². The Morgan fingerprint density at radius 3 is 2.42 bits per heavy atom. The maximum Gasteiger partial charge on any atom is 0.453 e. The lowest BCUT2D eigenvalue weighted by molar-refractivity contribution is -0.284. The second-order valence-electron chi connectivity index (χ2n) is 11.9. The zero-order chi connectivity index (χ0) is 34.8. The Morgan fingerprint density at radius 1 is 1.06 bits per heavy atom. The molecule has 1 saturated heterocycles. The molecule has 6 rings (SSSR count). The number of anilines is 2. The molecule has 19 heteroatoms. The highest BCUT2D eigenvalue weighted by Gasteiger charge is 2.57. The van der Waals surface area contributed by atoms with Crippen LogP contribution in [-0.4, -0.2) is 71.9 Å². The number of phenols is 1. The zero-order valence-electron chi connectivity index (χ0n) is 24.8. The van der Waals surface area contributed by atoms with E-state index in [0.717, 1.165) is 10.8 Å². The number of alkyl halides is 8. The van der Waals surface area contributed by atoms with E-state index in [9.17, 15) is 45.0 Å². The number of halogens is 9. The summed E-state index contributed by atoms with van der Waals surface area (Å²) in [7, 11) is 0. The Kier molecular flexibility index (Phi) is 8.15. The first-order valence-corrected chi connectivity index (χ1v) is 14.9. The van der Waals surface area contributed by atoms with E-state index >= 15 is 0 Å². The standard InChI is InChI=1S/C29H25ClF8N8O2/c1-26(11-14-2-3-16(30)19(47)10-14)20-22(44-25(26)48)42-21(43-24(20)45-8-5-15(6-9-45)28(33,34)35)18-12-46-23(39-13-40-46)17(41-18)4-7-27(31,32)29(36,37)38/h2-3,10,12-13,15,47H,4-9,11H2,1H3,(H,42,43,44,48). The van der Waals surface area contributed by atoms with Gasteiger partial charge in [-0.25, -0.2) is 24.5 Å². The first-order chi connectivity index (χ1) is 22.4. The number of rotatable bonds is 7. The molecule has 0 saturated carbocycles. The van der Waals surface area contributed by atoms with Gasteiger partial charge in [-0.3, -0.25) is 4.79 Å². The average Bonchev–Trinajstić information content (AvgIpc) is 3.58. The predicted octanol–water partition coefficient (Wildman–Crippen LogP) is 6.30. The van der Waals surface area contributed by atoms with Crippen LogP contribution >= 0.6 is 11.6 Å². The van der Waals surface area contributed by atoms with E-state index in [4.69, 9.17) is 11.6 Å². The molecule has 256 valence electrons. The number of fused-ring (bicyclic) bond motifs is 2. The van der Waals surface area contributed by atoms with E-state index in [1.807, 2.05) is 0 Å². The number of hydrogen-bond acceptors (Lipinski definition) is 8. The fourth-order valence-electron chi connectivity index (χ4n) is 6.00. The molecule has 2 N–H and O–H groups in total. The van der Waals surface area contributed by atoms with Gasteiger partial charge in [0.25, 0.3) is 0 Å². The van der Waals surface area contributed by atoms with Crippen LogP contribution in [0.4, 0.5) is 46.8 Å². The van der Waals surface area contributed by atoms with Gasteiger partial charge in [-0.05, 0) is 50.3 Å². The van der Waals surface area contributed by atoms with Crippen molar-refractivity contribution in [3.63, 3.8) is 0 Å². The molecule has 1 fully saturated rings. The molecule has 1 atom stereocenters. The smallest absolute Gasteiger partial charge is 0.453 e. The van der Waals surface area contributed by atoms with Crippen molar-refractivity contribution in [2.24, 2.45) is 5.92 Å². The lowest BCUT2D eigenvalue weighted by atomic mass is 9.78. The summed E-state index contributed by atoms with van der Waals surface area (Å²) in [6, 6.07) is 4.42. The number of aryl methyl sites for hydroxylation is 1. The minimum Gasteiger partial charge on any atom is -0.506 e. The van der Waals surface area contributed by atoms with E-state index in [0.29, 0.717) is 5.56 Å². The van der Waals surface area contributed by atoms with Gasteiger partial charge in [-0.1, -0.05) is 17.7 Å². The molecule has 0 aliphatic carbocycles. The molecular weight excluding hydrogens is 680 g/mol. The lowest BCUT2D eigenvalue weighted by Crippen LogP contribution is -2.41. The Morgan fingerprint density at radius 2 is 1.77 bits per heavy atom. The van der Waals surface area contributed by atoms with Crippen molar-refractivity contribution < 1.29 is 45.0 Å². The van der Waals surface area contributed by atoms with E-state index in [-0.39, 0.29) is 83.2 Å². The van der Waals surface area contributed by atoms with Crippen LogP contribution in [0.2, 0.25) is 5.02 Å². The van der Waals surface area contributed by atoms with Gasteiger partial charge in [0.15, 0.2) is 11.5 Å². The second kappa shape index (κ2) is 11.7. The summed E-state index contributed by atoms with van der Waals surface area (Å²) in [6.45, 7) is 1.41.